The molecule has 0 atom stereocenters. The average Bonchev–Trinajstić information content (AvgIpc) is 2.74. The van der Waals surface area contributed by atoms with Crippen molar-refractivity contribution in [2.24, 2.45) is 0 Å². The highest BCUT2D eigenvalue weighted by Gasteiger charge is 2.16. The van der Waals surface area contributed by atoms with Crippen LogP contribution < -0.4 is 5.32 Å². The summed E-state index contributed by atoms with van der Waals surface area (Å²) < 4.78 is 0. The van der Waals surface area contributed by atoms with E-state index in [9.17, 15) is 9.59 Å². The van der Waals surface area contributed by atoms with E-state index < -0.39 is 0 Å². The summed E-state index contributed by atoms with van der Waals surface area (Å²) in [6, 6.07) is 22.2. The van der Waals surface area contributed by atoms with E-state index in [2.05, 4.69) is 43.4 Å². The van der Waals surface area contributed by atoms with Gasteiger partial charge in [-0.05, 0) is 41.7 Å². The lowest BCUT2D eigenvalue weighted by Gasteiger charge is -2.12. The second-order valence-electron chi connectivity index (χ2n) is 7.33. The van der Waals surface area contributed by atoms with Crippen molar-refractivity contribution < 1.29 is 9.59 Å². The first-order valence-corrected chi connectivity index (χ1v) is 10.1. The molecule has 0 heterocycles. The third-order valence-corrected chi connectivity index (χ3v) is 5.06. The number of benzene rings is 3. The molecule has 1 N–H and O–H groups in total. The second kappa shape index (κ2) is 9.53. The van der Waals surface area contributed by atoms with Crippen LogP contribution in [0.4, 0.5) is 5.69 Å². The van der Waals surface area contributed by atoms with E-state index in [1.807, 2.05) is 6.07 Å². The molecule has 0 aliphatic rings. The van der Waals surface area contributed by atoms with Gasteiger partial charge in [0.2, 0.25) is 5.91 Å². The zero-order valence-electron chi connectivity index (χ0n) is 16.6. The topological polar surface area (TPSA) is 46.2 Å². The molecule has 0 aliphatic heterocycles. The second-order valence-corrected chi connectivity index (χ2v) is 7.77. The number of nitrogens with one attached hydrogen (secondary N) is 1. The van der Waals surface area contributed by atoms with Gasteiger partial charge in [0, 0.05) is 22.6 Å². The van der Waals surface area contributed by atoms with E-state index in [4.69, 9.17) is 11.6 Å². The Balaban J connectivity index is 1.69. The Morgan fingerprint density at radius 3 is 2.28 bits per heavy atom. The third kappa shape index (κ3) is 5.55. The number of carbonyl (C=O) groups excluding carboxylic acids is 2. The van der Waals surface area contributed by atoms with Crippen molar-refractivity contribution in [1.29, 1.82) is 0 Å². The molecule has 0 fully saturated rings. The van der Waals surface area contributed by atoms with Gasteiger partial charge in [-0.15, -0.1) is 0 Å². The van der Waals surface area contributed by atoms with Crippen LogP contribution in [0, 0.1) is 0 Å². The van der Waals surface area contributed by atoms with E-state index in [1.165, 1.54) is 5.56 Å². The lowest BCUT2D eigenvalue weighted by atomic mass is 10.00. The Hall–Kier alpha value is -2.91. The van der Waals surface area contributed by atoms with Gasteiger partial charge in [0.05, 0.1) is 5.69 Å². The standard InChI is InChI=1S/C25H24ClNO2/c1-17(2)19-11-8-18(9-12-19)10-15-24(28)27-23-14-13-21(26)16-22(23)25(29)20-6-4-3-5-7-20/h3-9,11-14,16-17H,10,15H2,1-2H3,(H,27,28). The molecule has 3 aromatic carbocycles. The highest BCUT2D eigenvalue weighted by Crippen LogP contribution is 2.24. The number of aryl methyl sites for hydroxylation is 1. The molecule has 0 aromatic heterocycles. The molecule has 3 nitrogen and oxygen atoms in total. The molecule has 3 rings (SSSR count). The van der Waals surface area contributed by atoms with Crippen molar-refractivity contribution in [3.63, 3.8) is 0 Å². The van der Waals surface area contributed by atoms with Gasteiger partial charge in [0.1, 0.15) is 0 Å². The van der Waals surface area contributed by atoms with Crippen LogP contribution in [-0.2, 0) is 11.2 Å². The largest absolute Gasteiger partial charge is 0.325 e. The van der Waals surface area contributed by atoms with Crippen LogP contribution in [0.5, 0.6) is 0 Å². The van der Waals surface area contributed by atoms with Crippen LogP contribution in [0.3, 0.4) is 0 Å². The third-order valence-electron chi connectivity index (χ3n) is 4.82. The van der Waals surface area contributed by atoms with Crippen LogP contribution in [-0.4, -0.2) is 11.7 Å². The number of hydrogen-bond acceptors (Lipinski definition) is 2. The summed E-state index contributed by atoms with van der Waals surface area (Å²) in [5.41, 5.74) is 3.81. The fourth-order valence-corrected chi connectivity index (χ4v) is 3.27. The fourth-order valence-electron chi connectivity index (χ4n) is 3.10. The quantitative estimate of drug-likeness (QED) is 0.471. The zero-order chi connectivity index (χ0) is 20.8. The normalized spacial score (nSPS) is 10.8. The van der Waals surface area contributed by atoms with Crippen LogP contribution in [0.25, 0.3) is 0 Å². The Kier molecular flexibility index (Phi) is 6.84. The van der Waals surface area contributed by atoms with Crippen molar-refractivity contribution in [2.45, 2.75) is 32.6 Å². The predicted octanol–water partition coefficient (Wildman–Crippen LogP) is 6.27. The minimum Gasteiger partial charge on any atom is -0.325 e. The molecule has 0 bridgehead atoms. The summed E-state index contributed by atoms with van der Waals surface area (Å²) >= 11 is 6.10. The Morgan fingerprint density at radius 2 is 1.62 bits per heavy atom. The summed E-state index contributed by atoms with van der Waals surface area (Å²) in [4.78, 5) is 25.4. The maximum atomic E-state index is 12.9. The average molecular weight is 406 g/mol. The van der Waals surface area contributed by atoms with Crippen LogP contribution in [0.2, 0.25) is 5.02 Å². The van der Waals surface area contributed by atoms with Crippen molar-refractivity contribution in [1.82, 2.24) is 0 Å². The number of carbonyl (C=O) groups is 2. The molecule has 0 spiro atoms. The van der Waals surface area contributed by atoms with Gasteiger partial charge < -0.3 is 5.32 Å². The van der Waals surface area contributed by atoms with Gasteiger partial charge in [-0.3, -0.25) is 9.59 Å². The predicted molar refractivity (Wildman–Crippen MR) is 119 cm³/mol. The molecule has 4 heteroatoms. The molecule has 0 radical (unpaired) electrons. The zero-order valence-corrected chi connectivity index (χ0v) is 17.4. The molecule has 0 aliphatic carbocycles. The van der Waals surface area contributed by atoms with Crippen molar-refractivity contribution in [3.8, 4) is 0 Å². The van der Waals surface area contributed by atoms with Crippen molar-refractivity contribution in [2.75, 3.05) is 5.32 Å². The number of hydrogen-bond donors (Lipinski definition) is 1. The van der Waals surface area contributed by atoms with Gasteiger partial charge in [-0.1, -0.05) is 80.0 Å². The minimum absolute atomic E-state index is 0.137. The summed E-state index contributed by atoms with van der Waals surface area (Å²) in [6.07, 6.45) is 0.975. The summed E-state index contributed by atoms with van der Waals surface area (Å²) in [6.45, 7) is 4.31. The molecule has 29 heavy (non-hydrogen) atoms. The summed E-state index contributed by atoms with van der Waals surface area (Å²) in [7, 11) is 0. The molecular weight excluding hydrogens is 382 g/mol. The molecular formula is C25H24ClNO2. The number of rotatable bonds is 7. The number of halogens is 1. The minimum atomic E-state index is -0.173. The first-order chi connectivity index (χ1) is 13.9. The Morgan fingerprint density at radius 1 is 0.931 bits per heavy atom. The van der Waals surface area contributed by atoms with E-state index in [1.54, 1.807) is 42.5 Å². The first kappa shape index (κ1) is 20.8. The maximum Gasteiger partial charge on any atom is 0.224 e. The summed E-state index contributed by atoms with van der Waals surface area (Å²) in [5.74, 6) is 0.174. The molecule has 3 aromatic rings. The lowest BCUT2D eigenvalue weighted by molar-refractivity contribution is -0.116. The number of ketones is 1. The highest BCUT2D eigenvalue weighted by molar-refractivity contribution is 6.31. The van der Waals surface area contributed by atoms with Crippen molar-refractivity contribution in [3.05, 3.63) is 100 Å². The highest BCUT2D eigenvalue weighted by atomic mass is 35.5. The molecule has 0 unspecified atom stereocenters. The molecule has 148 valence electrons. The van der Waals surface area contributed by atoms with E-state index in [-0.39, 0.29) is 11.7 Å². The first-order valence-electron chi connectivity index (χ1n) is 9.72. The van der Waals surface area contributed by atoms with Crippen LogP contribution >= 0.6 is 11.6 Å². The molecule has 0 saturated heterocycles. The summed E-state index contributed by atoms with van der Waals surface area (Å²) in [5, 5.41) is 3.32. The number of anilines is 1. The van der Waals surface area contributed by atoms with Gasteiger partial charge in [-0.2, -0.15) is 0 Å². The van der Waals surface area contributed by atoms with Gasteiger partial charge in [-0.25, -0.2) is 0 Å². The lowest BCUT2D eigenvalue weighted by Crippen LogP contribution is -2.15. The fraction of sp³-hybridized carbons (Fsp3) is 0.200. The Labute approximate surface area is 176 Å². The van der Waals surface area contributed by atoms with Crippen LogP contribution in [0.15, 0.2) is 72.8 Å². The van der Waals surface area contributed by atoms with Gasteiger partial charge in [0.25, 0.3) is 0 Å². The van der Waals surface area contributed by atoms with Gasteiger partial charge >= 0.3 is 0 Å². The number of amides is 1. The maximum absolute atomic E-state index is 12.9. The van der Waals surface area contributed by atoms with E-state index in [0.717, 1.165) is 5.56 Å². The molecule has 0 saturated carbocycles. The SMILES string of the molecule is CC(C)c1ccc(CCC(=O)Nc2ccc(Cl)cc2C(=O)c2ccccc2)cc1. The van der Waals surface area contributed by atoms with Gasteiger partial charge in [0.15, 0.2) is 5.78 Å². The Bertz CT molecular complexity index is 995. The smallest absolute Gasteiger partial charge is 0.224 e. The van der Waals surface area contributed by atoms with Crippen LogP contribution in [0.1, 0.15) is 53.2 Å². The molecule has 1 amide bonds. The monoisotopic (exact) mass is 405 g/mol. The van der Waals surface area contributed by atoms with E-state index >= 15 is 0 Å². The van der Waals surface area contributed by atoms with Crippen molar-refractivity contribution >= 4 is 29.0 Å². The van der Waals surface area contributed by atoms with E-state index in [0.29, 0.717) is 40.6 Å².